The number of hydrogen-bond donors (Lipinski definition) is 0. The molecule has 0 saturated carbocycles. The standard InChI is InChI=1S/C23H28F3NO2/c1-17-15-22(3,29-19-9-5-4-6-10-19)16-18(2)27(17)13-14-28-21-12-8-7-11-20(21)23(24,25)26/h4-12,17-18H,13-16H2,1-3H3. The van der Waals surface area contributed by atoms with Crippen LogP contribution in [0.5, 0.6) is 11.5 Å². The Morgan fingerprint density at radius 2 is 1.55 bits per heavy atom. The number of likely N-dealkylation sites (tertiary alicyclic amines) is 1. The van der Waals surface area contributed by atoms with Crippen molar-refractivity contribution in [2.24, 2.45) is 0 Å². The summed E-state index contributed by atoms with van der Waals surface area (Å²) in [6.45, 7) is 7.16. The predicted octanol–water partition coefficient (Wildman–Crippen LogP) is 5.79. The van der Waals surface area contributed by atoms with Gasteiger partial charge < -0.3 is 9.47 Å². The molecule has 1 fully saturated rings. The molecule has 3 nitrogen and oxygen atoms in total. The molecule has 1 heterocycles. The Hall–Kier alpha value is -2.21. The van der Waals surface area contributed by atoms with E-state index in [2.05, 4.69) is 25.7 Å². The molecule has 2 unspecified atom stereocenters. The monoisotopic (exact) mass is 407 g/mol. The van der Waals surface area contributed by atoms with Crippen molar-refractivity contribution >= 4 is 0 Å². The van der Waals surface area contributed by atoms with Crippen molar-refractivity contribution in [1.82, 2.24) is 4.90 Å². The summed E-state index contributed by atoms with van der Waals surface area (Å²) in [4.78, 5) is 2.28. The fraction of sp³-hybridized carbons (Fsp3) is 0.478. The number of alkyl halides is 3. The van der Waals surface area contributed by atoms with Crippen molar-refractivity contribution in [3.63, 3.8) is 0 Å². The average Bonchev–Trinajstić information content (AvgIpc) is 2.64. The zero-order valence-corrected chi connectivity index (χ0v) is 17.1. The Labute approximate surface area is 170 Å². The lowest BCUT2D eigenvalue weighted by Crippen LogP contribution is -2.55. The lowest BCUT2D eigenvalue weighted by Gasteiger charge is -2.47. The number of benzene rings is 2. The van der Waals surface area contributed by atoms with Gasteiger partial charge in [-0.3, -0.25) is 4.90 Å². The normalized spacial score (nSPS) is 25.6. The van der Waals surface area contributed by atoms with Gasteiger partial charge in [0.1, 0.15) is 23.7 Å². The van der Waals surface area contributed by atoms with Crippen LogP contribution in [-0.2, 0) is 6.18 Å². The van der Waals surface area contributed by atoms with Gasteiger partial charge in [-0.2, -0.15) is 13.2 Å². The van der Waals surface area contributed by atoms with E-state index in [1.165, 1.54) is 12.1 Å². The average molecular weight is 407 g/mol. The maximum Gasteiger partial charge on any atom is 0.419 e. The lowest BCUT2D eigenvalue weighted by molar-refractivity contribution is -0.139. The Bertz CT molecular complexity index is 782. The molecule has 1 saturated heterocycles. The number of halogens is 3. The quantitative estimate of drug-likeness (QED) is 0.605. The fourth-order valence-corrected chi connectivity index (χ4v) is 4.39. The number of para-hydroxylation sites is 2. The molecule has 29 heavy (non-hydrogen) atoms. The van der Waals surface area contributed by atoms with Gasteiger partial charge >= 0.3 is 6.18 Å². The minimum Gasteiger partial charge on any atom is -0.492 e. The first-order valence-electron chi connectivity index (χ1n) is 9.97. The van der Waals surface area contributed by atoms with Gasteiger partial charge in [-0.25, -0.2) is 0 Å². The first-order chi connectivity index (χ1) is 13.7. The predicted molar refractivity (Wildman–Crippen MR) is 107 cm³/mol. The van der Waals surface area contributed by atoms with Gasteiger partial charge in [-0.15, -0.1) is 0 Å². The molecule has 0 aromatic heterocycles. The topological polar surface area (TPSA) is 21.7 Å². The van der Waals surface area contributed by atoms with E-state index in [1.807, 2.05) is 30.3 Å². The first kappa shape index (κ1) is 21.5. The van der Waals surface area contributed by atoms with Crippen LogP contribution in [0, 0.1) is 0 Å². The van der Waals surface area contributed by atoms with E-state index >= 15 is 0 Å². The van der Waals surface area contributed by atoms with Crippen molar-refractivity contribution in [2.75, 3.05) is 13.2 Å². The smallest absolute Gasteiger partial charge is 0.419 e. The summed E-state index contributed by atoms with van der Waals surface area (Å²) in [7, 11) is 0. The molecule has 0 amide bonds. The maximum atomic E-state index is 13.1. The van der Waals surface area contributed by atoms with E-state index in [-0.39, 0.29) is 30.0 Å². The number of piperidine rings is 1. The zero-order valence-electron chi connectivity index (χ0n) is 17.1. The highest BCUT2D eigenvalue weighted by atomic mass is 19.4. The number of ether oxygens (including phenoxy) is 2. The van der Waals surface area contributed by atoms with Crippen LogP contribution in [0.2, 0.25) is 0 Å². The molecule has 1 aliphatic rings. The van der Waals surface area contributed by atoms with Crippen LogP contribution in [0.4, 0.5) is 13.2 Å². The molecule has 0 spiro atoms. The minimum absolute atomic E-state index is 0.116. The van der Waals surface area contributed by atoms with Gasteiger partial charge in [0.05, 0.1) is 5.56 Å². The number of nitrogens with zero attached hydrogens (tertiary/aromatic N) is 1. The Kier molecular flexibility index (Phi) is 6.42. The molecule has 3 rings (SSSR count). The molecule has 2 aromatic rings. The fourth-order valence-electron chi connectivity index (χ4n) is 4.39. The Morgan fingerprint density at radius 3 is 2.17 bits per heavy atom. The molecule has 6 heteroatoms. The summed E-state index contributed by atoms with van der Waals surface area (Å²) in [6, 6.07) is 15.6. The highest BCUT2D eigenvalue weighted by Crippen LogP contribution is 2.37. The van der Waals surface area contributed by atoms with Crippen molar-refractivity contribution in [3.8, 4) is 11.5 Å². The van der Waals surface area contributed by atoms with Gasteiger partial charge in [0.15, 0.2) is 0 Å². The van der Waals surface area contributed by atoms with Crippen molar-refractivity contribution < 1.29 is 22.6 Å². The second kappa shape index (κ2) is 8.66. The van der Waals surface area contributed by atoms with Gasteiger partial charge in [0, 0.05) is 31.5 Å². The molecule has 0 N–H and O–H groups in total. The Morgan fingerprint density at radius 1 is 0.966 bits per heavy atom. The van der Waals surface area contributed by atoms with Crippen LogP contribution in [0.25, 0.3) is 0 Å². The largest absolute Gasteiger partial charge is 0.492 e. The molecule has 0 bridgehead atoms. The molecule has 0 radical (unpaired) electrons. The van der Waals surface area contributed by atoms with E-state index in [0.717, 1.165) is 24.7 Å². The van der Waals surface area contributed by atoms with E-state index in [4.69, 9.17) is 9.47 Å². The third kappa shape index (κ3) is 5.44. The van der Waals surface area contributed by atoms with Gasteiger partial charge in [-0.05, 0) is 45.0 Å². The SMILES string of the molecule is CC1CC(C)(Oc2ccccc2)CC(C)N1CCOc1ccccc1C(F)(F)F. The third-order valence-corrected chi connectivity index (χ3v) is 5.49. The number of hydrogen-bond acceptors (Lipinski definition) is 3. The molecule has 2 aromatic carbocycles. The number of rotatable bonds is 6. The van der Waals surface area contributed by atoms with E-state index in [0.29, 0.717) is 6.54 Å². The second-order valence-electron chi connectivity index (χ2n) is 8.05. The van der Waals surface area contributed by atoms with Crippen molar-refractivity contribution in [1.29, 1.82) is 0 Å². The van der Waals surface area contributed by atoms with E-state index in [1.54, 1.807) is 6.07 Å². The van der Waals surface area contributed by atoms with Crippen LogP contribution in [0.15, 0.2) is 54.6 Å². The minimum atomic E-state index is -4.42. The van der Waals surface area contributed by atoms with E-state index in [9.17, 15) is 13.2 Å². The second-order valence-corrected chi connectivity index (χ2v) is 8.05. The Balaban J connectivity index is 1.58. The van der Waals surface area contributed by atoms with Crippen LogP contribution >= 0.6 is 0 Å². The molecule has 1 aliphatic heterocycles. The summed E-state index contributed by atoms with van der Waals surface area (Å²) in [5.41, 5.74) is -1.01. The highest BCUT2D eigenvalue weighted by molar-refractivity contribution is 5.35. The van der Waals surface area contributed by atoms with Crippen LogP contribution in [0.1, 0.15) is 39.2 Å². The molecule has 0 aliphatic carbocycles. The molecule has 2 atom stereocenters. The zero-order chi connectivity index (χ0) is 21.1. The highest BCUT2D eigenvalue weighted by Gasteiger charge is 2.40. The van der Waals surface area contributed by atoms with Gasteiger partial charge in [0.2, 0.25) is 0 Å². The maximum absolute atomic E-state index is 13.1. The summed E-state index contributed by atoms with van der Waals surface area (Å²) < 4.78 is 51.1. The summed E-state index contributed by atoms with van der Waals surface area (Å²) in [6.07, 6.45) is -2.74. The van der Waals surface area contributed by atoms with Crippen molar-refractivity contribution in [2.45, 2.75) is 57.5 Å². The van der Waals surface area contributed by atoms with Gasteiger partial charge in [0.25, 0.3) is 0 Å². The van der Waals surface area contributed by atoms with Crippen LogP contribution in [0.3, 0.4) is 0 Å². The van der Waals surface area contributed by atoms with Gasteiger partial charge in [-0.1, -0.05) is 30.3 Å². The summed E-state index contributed by atoms with van der Waals surface area (Å²) in [5, 5.41) is 0. The van der Waals surface area contributed by atoms with Crippen molar-refractivity contribution in [3.05, 3.63) is 60.2 Å². The first-order valence-corrected chi connectivity index (χ1v) is 9.97. The molecular formula is C23H28F3NO2. The summed E-state index contributed by atoms with van der Waals surface area (Å²) >= 11 is 0. The molecular weight excluding hydrogens is 379 g/mol. The van der Waals surface area contributed by atoms with E-state index < -0.39 is 11.7 Å². The van der Waals surface area contributed by atoms with Crippen LogP contribution < -0.4 is 9.47 Å². The lowest BCUT2D eigenvalue weighted by atomic mass is 9.84. The third-order valence-electron chi connectivity index (χ3n) is 5.49. The summed E-state index contributed by atoms with van der Waals surface area (Å²) in [5.74, 6) is 0.740. The molecule has 158 valence electrons. The van der Waals surface area contributed by atoms with Crippen LogP contribution in [-0.4, -0.2) is 35.7 Å².